The van der Waals surface area contributed by atoms with Gasteiger partial charge in [0.05, 0.1) is 15.6 Å². The molecule has 27 heavy (non-hydrogen) atoms. The maximum Gasteiger partial charge on any atom is 0.310 e. The Bertz CT molecular complexity index is 925. The number of hydrogen-bond acceptors (Lipinski definition) is 7. The van der Waals surface area contributed by atoms with Crippen LogP contribution >= 0.6 is 0 Å². The quantitative estimate of drug-likeness (QED) is 0.451. The average Bonchev–Trinajstić information content (AvgIpc) is 2.64. The number of benzene rings is 2. The largest absolute Gasteiger partial charge is 0.477 e. The second kappa shape index (κ2) is 8.52. The Labute approximate surface area is 153 Å². The first-order chi connectivity index (χ1) is 12.8. The van der Waals surface area contributed by atoms with E-state index < -0.39 is 22.4 Å². The molecule has 0 saturated carbocycles. The zero-order chi connectivity index (χ0) is 20.0. The Hall–Kier alpha value is -3.82. The Kier molecular flexibility index (Phi) is 6.15. The summed E-state index contributed by atoms with van der Waals surface area (Å²) in [6.45, 7) is 2.73. The number of nitro benzene ring substituents is 2. The lowest BCUT2D eigenvalue weighted by Crippen LogP contribution is -2.25. The molecule has 0 atom stereocenters. The molecular weight excluding hydrogens is 356 g/mol. The van der Waals surface area contributed by atoms with E-state index in [-0.39, 0.29) is 17.1 Å². The van der Waals surface area contributed by atoms with Gasteiger partial charge in [0.1, 0.15) is 0 Å². The molecular formula is C17H16N4O6. The summed E-state index contributed by atoms with van der Waals surface area (Å²) in [4.78, 5) is 32.6. The molecule has 2 aromatic carbocycles. The molecule has 0 aromatic heterocycles. The molecule has 0 aliphatic carbocycles. The molecule has 0 aliphatic rings. The predicted molar refractivity (Wildman–Crippen MR) is 96.8 cm³/mol. The van der Waals surface area contributed by atoms with Crippen molar-refractivity contribution in [3.05, 3.63) is 73.8 Å². The number of carbonyl (C=O) groups excluding carboxylic acids is 1. The summed E-state index contributed by atoms with van der Waals surface area (Å²) in [6, 6.07) is 10.3. The molecule has 1 N–H and O–H groups in total. The number of rotatable bonds is 7. The molecule has 140 valence electrons. The third-order valence-corrected chi connectivity index (χ3v) is 3.59. The first kappa shape index (κ1) is 19.5. The van der Waals surface area contributed by atoms with Crippen molar-refractivity contribution in [1.82, 2.24) is 5.43 Å². The molecule has 0 fully saturated rings. The van der Waals surface area contributed by atoms with Crippen molar-refractivity contribution in [2.45, 2.75) is 13.8 Å². The smallest absolute Gasteiger partial charge is 0.310 e. The first-order valence-electron chi connectivity index (χ1n) is 7.74. The van der Waals surface area contributed by atoms with E-state index in [1.165, 1.54) is 24.3 Å². The monoisotopic (exact) mass is 372 g/mol. The van der Waals surface area contributed by atoms with Gasteiger partial charge >= 0.3 is 5.69 Å². The van der Waals surface area contributed by atoms with Crippen LogP contribution in [-0.2, 0) is 4.79 Å². The molecule has 0 spiro atoms. The van der Waals surface area contributed by atoms with Crippen LogP contribution in [0.25, 0.3) is 0 Å². The van der Waals surface area contributed by atoms with Crippen LogP contribution < -0.4 is 10.2 Å². The highest BCUT2D eigenvalue weighted by Crippen LogP contribution is 2.25. The number of aryl methyl sites for hydroxylation is 1. The van der Waals surface area contributed by atoms with E-state index in [1.807, 2.05) is 0 Å². The van der Waals surface area contributed by atoms with E-state index in [4.69, 9.17) is 4.74 Å². The van der Waals surface area contributed by atoms with Gasteiger partial charge in [-0.25, -0.2) is 5.43 Å². The van der Waals surface area contributed by atoms with E-state index in [2.05, 4.69) is 10.5 Å². The number of carbonyl (C=O) groups is 1. The van der Waals surface area contributed by atoms with Crippen molar-refractivity contribution in [2.75, 3.05) is 6.61 Å². The minimum absolute atomic E-state index is 0.0347. The molecule has 0 bridgehead atoms. The van der Waals surface area contributed by atoms with Crippen LogP contribution in [0.3, 0.4) is 0 Å². The zero-order valence-electron chi connectivity index (χ0n) is 14.5. The van der Waals surface area contributed by atoms with Gasteiger partial charge in [-0.05, 0) is 19.9 Å². The fourth-order valence-corrected chi connectivity index (χ4v) is 2.15. The van der Waals surface area contributed by atoms with Crippen molar-refractivity contribution in [3.8, 4) is 5.75 Å². The summed E-state index contributed by atoms with van der Waals surface area (Å²) in [7, 11) is 0. The lowest BCUT2D eigenvalue weighted by Gasteiger charge is -2.06. The third-order valence-electron chi connectivity index (χ3n) is 3.59. The van der Waals surface area contributed by atoms with Gasteiger partial charge in [0, 0.05) is 23.3 Å². The summed E-state index contributed by atoms with van der Waals surface area (Å²) in [5.41, 5.74) is 3.30. The van der Waals surface area contributed by atoms with E-state index in [1.54, 1.807) is 32.0 Å². The van der Waals surface area contributed by atoms with Crippen molar-refractivity contribution >= 4 is 23.0 Å². The normalized spacial score (nSPS) is 11.0. The summed E-state index contributed by atoms with van der Waals surface area (Å²) in [5, 5.41) is 25.8. The fourth-order valence-electron chi connectivity index (χ4n) is 2.15. The van der Waals surface area contributed by atoms with Crippen LogP contribution in [0.1, 0.15) is 18.1 Å². The Morgan fingerprint density at radius 2 is 1.78 bits per heavy atom. The van der Waals surface area contributed by atoms with Gasteiger partial charge in [-0.2, -0.15) is 5.10 Å². The predicted octanol–water partition coefficient (Wildman–Crippen LogP) is 2.73. The minimum Gasteiger partial charge on any atom is -0.477 e. The molecule has 0 radical (unpaired) electrons. The van der Waals surface area contributed by atoms with E-state index in [0.29, 0.717) is 16.8 Å². The summed E-state index contributed by atoms with van der Waals surface area (Å²) < 4.78 is 5.15. The standard InChI is InChI=1S/C17H16N4O6/c1-11-7-8-13(9-15(11)21(25)26)12(2)18-19-17(22)10-27-16-6-4-3-5-14(16)20(23)24/h3-9H,10H2,1-2H3,(H,19,22)/b18-12-. The maximum absolute atomic E-state index is 11.8. The number of hydrogen-bond donors (Lipinski definition) is 1. The Morgan fingerprint density at radius 1 is 1.11 bits per heavy atom. The summed E-state index contributed by atoms with van der Waals surface area (Å²) in [6.07, 6.45) is 0. The van der Waals surface area contributed by atoms with Crippen LogP contribution in [0.15, 0.2) is 47.6 Å². The van der Waals surface area contributed by atoms with Crippen LogP contribution in [0.5, 0.6) is 5.75 Å². The fraction of sp³-hybridized carbons (Fsp3) is 0.176. The second-order valence-electron chi connectivity index (χ2n) is 5.50. The summed E-state index contributed by atoms with van der Waals surface area (Å²) >= 11 is 0. The highest BCUT2D eigenvalue weighted by molar-refractivity contribution is 5.99. The van der Waals surface area contributed by atoms with Crippen molar-refractivity contribution in [2.24, 2.45) is 5.10 Å². The SMILES string of the molecule is C/C(=N/NC(=O)COc1ccccc1[N+](=O)[O-])c1ccc(C)c([N+](=O)[O-])c1. The molecule has 1 amide bonds. The van der Waals surface area contributed by atoms with Gasteiger partial charge in [-0.15, -0.1) is 0 Å². The second-order valence-corrected chi connectivity index (χ2v) is 5.50. The van der Waals surface area contributed by atoms with Crippen LogP contribution in [-0.4, -0.2) is 28.1 Å². The van der Waals surface area contributed by atoms with E-state index in [9.17, 15) is 25.0 Å². The Balaban J connectivity index is 2.01. The van der Waals surface area contributed by atoms with E-state index in [0.717, 1.165) is 0 Å². The number of hydrazone groups is 1. The van der Waals surface area contributed by atoms with Gasteiger partial charge in [0.25, 0.3) is 11.6 Å². The van der Waals surface area contributed by atoms with Crippen LogP contribution in [0, 0.1) is 27.2 Å². The van der Waals surface area contributed by atoms with Gasteiger partial charge < -0.3 is 4.74 Å². The number of nitrogens with zero attached hydrogens (tertiary/aromatic N) is 3. The molecule has 0 unspecified atom stereocenters. The molecule has 0 saturated heterocycles. The average molecular weight is 372 g/mol. The lowest BCUT2D eigenvalue weighted by molar-refractivity contribution is -0.385. The van der Waals surface area contributed by atoms with Gasteiger partial charge in [0.2, 0.25) is 0 Å². The Morgan fingerprint density at radius 3 is 2.44 bits per heavy atom. The minimum atomic E-state index is -0.630. The van der Waals surface area contributed by atoms with Crippen LogP contribution in [0.4, 0.5) is 11.4 Å². The number of para-hydroxylation sites is 2. The molecule has 0 aliphatic heterocycles. The number of nitrogens with one attached hydrogen (secondary N) is 1. The molecule has 10 heteroatoms. The third kappa shape index (κ3) is 5.08. The number of nitro groups is 2. The van der Waals surface area contributed by atoms with Gasteiger partial charge in [-0.3, -0.25) is 25.0 Å². The van der Waals surface area contributed by atoms with E-state index >= 15 is 0 Å². The van der Waals surface area contributed by atoms with Crippen molar-refractivity contribution < 1.29 is 19.4 Å². The molecule has 2 rings (SSSR count). The first-order valence-corrected chi connectivity index (χ1v) is 7.74. The van der Waals surface area contributed by atoms with Crippen molar-refractivity contribution in [1.29, 1.82) is 0 Å². The van der Waals surface area contributed by atoms with Crippen molar-refractivity contribution in [3.63, 3.8) is 0 Å². The molecule has 10 nitrogen and oxygen atoms in total. The molecule has 2 aromatic rings. The van der Waals surface area contributed by atoms with Crippen LogP contribution in [0.2, 0.25) is 0 Å². The highest BCUT2D eigenvalue weighted by Gasteiger charge is 2.15. The highest BCUT2D eigenvalue weighted by atomic mass is 16.6. The maximum atomic E-state index is 11.8. The van der Waals surface area contributed by atoms with Gasteiger partial charge in [-0.1, -0.05) is 24.3 Å². The summed E-state index contributed by atoms with van der Waals surface area (Å²) in [5.74, 6) is -0.665. The molecule has 0 heterocycles. The number of ether oxygens (including phenoxy) is 1. The zero-order valence-corrected chi connectivity index (χ0v) is 14.5. The lowest BCUT2D eigenvalue weighted by atomic mass is 10.1. The van der Waals surface area contributed by atoms with Gasteiger partial charge in [0.15, 0.2) is 12.4 Å². The number of amides is 1. The topological polar surface area (TPSA) is 137 Å².